The first-order valence-electron chi connectivity index (χ1n) is 6.75. The maximum absolute atomic E-state index is 14.0. The molecule has 110 valence electrons. The first-order valence-corrected chi connectivity index (χ1v) is 6.75. The predicted octanol–water partition coefficient (Wildman–Crippen LogP) is 3.12. The quantitative estimate of drug-likeness (QED) is 0.942. The van der Waals surface area contributed by atoms with E-state index in [0.29, 0.717) is 24.2 Å². The zero-order valence-electron chi connectivity index (χ0n) is 11.3. The molecule has 1 atom stereocenters. The van der Waals surface area contributed by atoms with E-state index in [4.69, 9.17) is 5.73 Å². The molecule has 5 heteroatoms. The number of hydrogen-bond acceptors (Lipinski definition) is 2. The fraction of sp³-hybridized carbons (Fsp3) is 0.250. The average molecular weight is 292 g/mol. The Kier molecular flexibility index (Phi) is 3.69. The largest absolute Gasteiger partial charge is 0.329 e. The molecule has 2 nitrogen and oxygen atoms in total. The predicted molar refractivity (Wildman–Crippen MR) is 73.8 cm³/mol. The minimum Gasteiger partial charge on any atom is -0.329 e. The summed E-state index contributed by atoms with van der Waals surface area (Å²) in [5.74, 6) is -1.43. The Labute approximate surface area is 121 Å². The van der Waals surface area contributed by atoms with Crippen LogP contribution in [0.4, 0.5) is 13.2 Å². The first-order chi connectivity index (χ1) is 10.1. The number of hydrogen-bond donors (Lipinski definition) is 1. The SMILES string of the molecule is NCC1c2c(F)cc(F)cc2CN1Cc1ccc(F)cc1. The molecule has 1 heterocycles. The van der Waals surface area contributed by atoms with Crippen LogP contribution < -0.4 is 5.73 Å². The van der Waals surface area contributed by atoms with Crippen LogP contribution in [0.1, 0.15) is 22.7 Å². The zero-order chi connectivity index (χ0) is 15.0. The van der Waals surface area contributed by atoms with Crippen LogP contribution in [0.25, 0.3) is 0 Å². The van der Waals surface area contributed by atoms with Crippen LogP contribution in [0.15, 0.2) is 36.4 Å². The molecule has 1 aliphatic rings. The third-order valence-corrected chi connectivity index (χ3v) is 3.85. The van der Waals surface area contributed by atoms with E-state index < -0.39 is 11.6 Å². The number of halogens is 3. The van der Waals surface area contributed by atoms with Gasteiger partial charge in [0.05, 0.1) is 6.04 Å². The van der Waals surface area contributed by atoms with Gasteiger partial charge in [-0.2, -0.15) is 0 Å². The summed E-state index contributed by atoms with van der Waals surface area (Å²) in [6.45, 7) is 1.19. The molecule has 2 aromatic rings. The molecular weight excluding hydrogens is 277 g/mol. The monoisotopic (exact) mass is 292 g/mol. The van der Waals surface area contributed by atoms with E-state index in [1.54, 1.807) is 12.1 Å². The highest BCUT2D eigenvalue weighted by Crippen LogP contribution is 2.36. The lowest BCUT2D eigenvalue weighted by Crippen LogP contribution is -2.28. The van der Waals surface area contributed by atoms with Gasteiger partial charge in [0.15, 0.2) is 0 Å². The molecule has 2 N–H and O–H groups in total. The molecule has 0 aliphatic carbocycles. The van der Waals surface area contributed by atoms with Gasteiger partial charge in [-0.1, -0.05) is 12.1 Å². The van der Waals surface area contributed by atoms with E-state index in [0.717, 1.165) is 11.6 Å². The summed E-state index contributed by atoms with van der Waals surface area (Å²) < 4.78 is 40.2. The Morgan fingerprint density at radius 2 is 1.76 bits per heavy atom. The lowest BCUT2D eigenvalue weighted by Gasteiger charge is -2.24. The summed E-state index contributed by atoms with van der Waals surface area (Å²) in [6.07, 6.45) is 0. The summed E-state index contributed by atoms with van der Waals surface area (Å²) in [4.78, 5) is 1.97. The van der Waals surface area contributed by atoms with Crippen LogP contribution in [-0.2, 0) is 13.1 Å². The minimum absolute atomic E-state index is 0.247. The van der Waals surface area contributed by atoms with Gasteiger partial charge in [0.2, 0.25) is 0 Å². The van der Waals surface area contributed by atoms with Crippen LogP contribution >= 0.6 is 0 Å². The van der Waals surface area contributed by atoms with Crippen molar-refractivity contribution < 1.29 is 13.2 Å². The molecule has 21 heavy (non-hydrogen) atoms. The number of benzene rings is 2. The number of nitrogens with zero attached hydrogens (tertiary/aromatic N) is 1. The van der Waals surface area contributed by atoms with Crippen LogP contribution in [0, 0.1) is 17.5 Å². The molecule has 0 fully saturated rings. The fourth-order valence-corrected chi connectivity index (χ4v) is 2.91. The highest BCUT2D eigenvalue weighted by atomic mass is 19.1. The normalized spacial score (nSPS) is 18.0. The maximum atomic E-state index is 14.0. The lowest BCUT2D eigenvalue weighted by molar-refractivity contribution is 0.208. The Bertz CT molecular complexity index is 655. The van der Waals surface area contributed by atoms with E-state index in [-0.39, 0.29) is 18.4 Å². The lowest BCUT2D eigenvalue weighted by atomic mass is 10.0. The van der Waals surface area contributed by atoms with Crippen molar-refractivity contribution in [2.75, 3.05) is 6.54 Å². The number of rotatable bonds is 3. The second-order valence-electron chi connectivity index (χ2n) is 5.24. The molecule has 0 bridgehead atoms. The number of nitrogens with two attached hydrogens (primary N) is 1. The van der Waals surface area contributed by atoms with Gasteiger partial charge in [0.25, 0.3) is 0 Å². The van der Waals surface area contributed by atoms with Gasteiger partial charge in [-0.3, -0.25) is 4.90 Å². The molecule has 0 spiro atoms. The molecule has 0 saturated carbocycles. The fourth-order valence-electron chi connectivity index (χ4n) is 2.91. The molecule has 1 aliphatic heterocycles. The van der Waals surface area contributed by atoms with E-state index in [2.05, 4.69) is 0 Å². The van der Waals surface area contributed by atoms with Crippen molar-refractivity contribution >= 4 is 0 Å². The highest BCUT2D eigenvalue weighted by molar-refractivity contribution is 5.36. The minimum atomic E-state index is -0.578. The van der Waals surface area contributed by atoms with Crippen molar-refractivity contribution in [1.29, 1.82) is 0 Å². The van der Waals surface area contributed by atoms with Gasteiger partial charge < -0.3 is 5.73 Å². The van der Waals surface area contributed by atoms with Crippen molar-refractivity contribution in [3.05, 3.63) is 70.5 Å². The van der Waals surface area contributed by atoms with Gasteiger partial charge in [-0.25, -0.2) is 13.2 Å². The summed E-state index contributed by atoms with van der Waals surface area (Å²) in [5, 5.41) is 0. The molecular formula is C16H15F3N2. The van der Waals surface area contributed by atoms with Crippen molar-refractivity contribution in [2.24, 2.45) is 5.73 Å². The third-order valence-electron chi connectivity index (χ3n) is 3.85. The van der Waals surface area contributed by atoms with E-state index in [1.165, 1.54) is 18.2 Å². The van der Waals surface area contributed by atoms with E-state index >= 15 is 0 Å². The van der Waals surface area contributed by atoms with Crippen LogP contribution in [0.5, 0.6) is 0 Å². The van der Waals surface area contributed by atoms with Gasteiger partial charge in [0, 0.05) is 31.3 Å². The topological polar surface area (TPSA) is 29.3 Å². The Morgan fingerprint density at radius 1 is 1.05 bits per heavy atom. The van der Waals surface area contributed by atoms with Crippen LogP contribution in [-0.4, -0.2) is 11.4 Å². The molecule has 3 rings (SSSR count). The summed E-state index contributed by atoms with van der Waals surface area (Å²) in [6, 6.07) is 8.10. The molecule has 0 aromatic heterocycles. The van der Waals surface area contributed by atoms with Gasteiger partial charge in [-0.15, -0.1) is 0 Å². The Morgan fingerprint density at radius 3 is 2.43 bits per heavy atom. The van der Waals surface area contributed by atoms with Gasteiger partial charge >= 0.3 is 0 Å². The zero-order valence-corrected chi connectivity index (χ0v) is 11.3. The van der Waals surface area contributed by atoms with Crippen LogP contribution in [0.3, 0.4) is 0 Å². The van der Waals surface area contributed by atoms with E-state index in [9.17, 15) is 13.2 Å². The first kappa shape index (κ1) is 14.1. The molecule has 0 saturated heterocycles. The third kappa shape index (κ3) is 2.66. The molecule has 0 amide bonds. The highest BCUT2D eigenvalue weighted by Gasteiger charge is 2.32. The Balaban J connectivity index is 1.88. The molecule has 0 radical (unpaired) electrons. The van der Waals surface area contributed by atoms with Crippen molar-refractivity contribution in [3.63, 3.8) is 0 Å². The summed E-state index contributed by atoms with van der Waals surface area (Å²) >= 11 is 0. The maximum Gasteiger partial charge on any atom is 0.131 e. The van der Waals surface area contributed by atoms with Crippen molar-refractivity contribution in [2.45, 2.75) is 19.1 Å². The smallest absolute Gasteiger partial charge is 0.131 e. The Hall–Kier alpha value is -1.85. The van der Waals surface area contributed by atoms with E-state index in [1.807, 2.05) is 4.90 Å². The second-order valence-corrected chi connectivity index (χ2v) is 5.24. The average Bonchev–Trinajstić information content (AvgIpc) is 2.78. The van der Waals surface area contributed by atoms with Gasteiger partial charge in [0.1, 0.15) is 17.5 Å². The van der Waals surface area contributed by atoms with Crippen molar-refractivity contribution in [1.82, 2.24) is 4.90 Å². The van der Waals surface area contributed by atoms with Crippen LogP contribution in [0.2, 0.25) is 0 Å². The molecule has 1 unspecified atom stereocenters. The summed E-state index contributed by atoms with van der Waals surface area (Å²) in [7, 11) is 0. The second kappa shape index (κ2) is 5.50. The van der Waals surface area contributed by atoms with Crippen molar-refractivity contribution in [3.8, 4) is 0 Å². The number of fused-ring (bicyclic) bond motifs is 1. The standard InChI is InChI=1S/C16H15F3N2/c17-12-3-1-10(2-4-12)8-21-9-11-5-13(18)6-14(19)16(11)15(21)7-20/h1-6,15H,7-9,20H2. The molecule has 2 aromatic carbocycles. The summed E-state index contributed by atoms with van der Waals surface area (Å²) in [5.41, 5.74) is 7.77. The van der Waals surface area contributed by atoms with Gasteiger partial charge in [-0.05, 0) is 29.3 Å².